The molecule has 0 spiro atoms. The van der Waals surface area contributed by atoms with Gasteiger partial charge in [-0.15, -0.1) is 0 Å². The Kier molecular flexibility index (Phi) is 4.82. The Bertz CT molecular complexity index is 373. The van der Waals surface area contributed by atoms with Crippen LogP contribution in [0, 0.1) is 0 Å². The van der Waals surface area contributed by atoms with Gasteiger partial charge in [-0.25, -0.2) is 0 Å². The van der Waals surface area contributed by atoms with Crippen LogP contribution in [-0.4, -0.2) is 38.6 Å². The summed E-state index contributed by atoms with van der Waals surface area (Å²) in [5.41, 5.74) is 2.54. The first-order valence-electron chi connectivity index (χ1n) is 6.92. The normalized spacial score (nSPS) is 17.2. The lowest BCUT2D eigenvalue weighted by molar-refractivity contribution is 0.252. The Hall–Kier alpha value is -1.28. The predicted molar refractivity (Wildman–Crippen MR) is 80.1 cm³/mol. The summed E-state index contributed by atoms with van der Waals surface area (Å²) in [5, 5.41) is 0. The number of hydrogen-bond donors (Lipinski definition) is 0. The van der Waals surface area contributed by atoms with Crippen LogP contribution in [0.1, 0.15) is 24.8 Å². The lowest BCUT2D eigenvalue weighted by Crippen LogP contribution is -2.29. The van der Waals surface area contributed by atoms with E-state index in [-0.39, 0.29) is 0 Å². The van der Waals surface area contributed by atoms with Gasteiger partial charge < -0.3 is 4.90 Å². The largest absolute Gasteiger partial charge is 0.378 e. The fourth-order valence-electron chi connectivity index (χ4n) is 2.36. The van der Waals surface area contributed by atoms with E-state index >= 15 is 0 Å². The molecule has 2 nitrogen and oxygen atoms in total. The molecule has 98 valence electrons. The van der Waals surface area contributed by atoms with Crippen molar-refractivity contribution < 1.29 is 0 Å². The van der Waals surface area contributed by atoms with Gasteiger partial charge in [0.05, 0.1) is 0 Å². The molecule has 0 unspecified atom stereocenters. The molecule has 2 heteroatoms. The molecule has 1 fully saturated rings. The first-order valence-corrected chi connectivity index (χ1v) is 6.92. The number of anilines is 1. The number of rotatable bonds is 4. The van der Waals surface area contributed by atoms with Crippen LogP contribution < -0.4 is 4.90 Å². The first-order chi connectivity index (χ1) is 8.75. The van der Waals surface area contributed by atoms with Gasteiger partial charge in [0.1, 0.15) is 0 Å². The minimum absolute atomic E-state index is 1.09. The zero-order valence-corrected chi connectivity index (χ0v) is 11.6. The summed E-state index contributed by atoms with van der Waals surface area (Å²) < 4.78 is 0. The summed E-state index contributed by atoms with van der Waals surface area (Å²) in [5.74, 6) is 0. The van der Waals surface area contributed by atoms with Crippen molar-refractivity contribution in [3.63, 3.8) is 0 Å². The van der Waals surface area contributed by atoms with Crippen LogP contribution in [0.3, 0.4) is 0 Å². The van der Waals surface area contributed by atoms with Crippen LogP contribution in [0.25, 0.3) is 6.08 Å². The third-order valence-corrected chi connectivity index (χ3v) is 3.53. The minimum atomic E-state index is 1.09. The van der Waals surface area contributed by atoms with Gasteiger partial charge in [-0.05, 0) is 43.6 Å². The van der Waals surface area contributed by atoms with Gasteiger partial charge in [0, 0.05) is 26.3 Å². The third kappa shape index (κ3) is 3.88. The summed E-state index contributed by atoms with van der Waals surface area (Å²) in [6, 6.07) is 8.70. The highest BCUT2D eigenvalue weighted by atomic mass is 15.1. The highest BCUT2D eigenvalue weighted by Crippen LogP contribution is 2.13. The SMILES string of the molecule is CN(C)c1ccc(C=CCN2CCCCC2)cc1. The Balaban J connectivity index is 1.84. The highest BCUT2D eigenvalue weighted by molar-refractivity contribution is 5.55. The van der Waals surface area contributed by atoms with E-state index in [1.807, 2.05) is 0 Å². The van der Waals surface area contributed by atoms with Crippen LogP contribution in [0.15, 0.2) is 30.3 Å². The van der Waals surface area contributed by atoms with Gasteiger partial charge in [0.15, 0.2) is 0 Å². The molecule has 1 aliphatic rings. The van der Waals surface area contributed by atoms with Crippen molar-refractivity contribution in [2.24, 2.45) is 0 Å². The third-order valence-electron chi connectivity index (χ3n) is 3.53. The maximum atomic E-state index is 2.54. The van der Waals surface area contributed by atoms with Crippen molar-refractivity contribution in [2.75, 3.05) is 38.6 Å². The van der Waals surface area contributed by atoms with Crippen molar-refractivity contribution in [1.82, 2.24) is 4.90 Å². The van der Waals surface area contributed by atoms with E-state index in [4.69, 9.17) is 0 Å². The molecule has 0 atom stereocenters. The second kappa shape index (κ2) is 6.60. The molecule has 0 radical (unpaired) electrons. The van der Waals surface area contributed by atoms with Crippen molar-refractivity contribution >= 4 is 11.8 Å². The molecule has 1 aromatic rings. The van der Waals surface area contributed by atoms with E-state index in [1.54, 1.807) is 0 Å². The molecule has 18 heavy (non-hydrogen) atoms. The Morgan fingerprint density at radius 3 is 2.33 bits per heavy atom. The molecule has 0 bridgehead atoms. The van der Waals surface area contributed by atoms with Crippen LogP contribution in [0.4, 0.5) is 5.69 Å². The Morgan fingerprint density at radius 1 is 1.06 bits per heavy atom. The molecule has 1 aliphatic heterocycles. The Labute approximate surface area is 111 Å². The second-order valence-electron chi connectivity index (χ2n) is 5.25. The van der Waals surface area contributed by atoms with Gasteiger partial charge in [-0.2, -0.15) is 0 Å². The minimum Gasteiger partial charge on any atom is -0.378 e. The number of benzene rings is 1. The molecule has 0 amide bonds. The van der Waals surface area contributed by atoms with E-state index in [0.717, 1.165) is 6.54 Å². The molecule has 2 rings (SSSR count). The molecule has 1 heterocycles. The van der Waals surface area contributed by atoms with Crippen molar-refractivity contribution in [1.29, 1.82) is 0 Å². The number of likely N-dealkylation sites (tertiary alicyclic amines) is 1. The summed E-state index contributed by atoms with van der Waals surface area (Å²) in [7, 11) is 4.14. The fourth-order valence-corrected chi connectivity index (χ4v) is 2.36. The lowest BCUT2D eigenvalue weighted by Gasteiger charge is -2.24. The van der Waals surface area contributed by atoms with Gasteiger partial charge in [-0.3, -0.25) is 4.90 Å². The molecule has 0 aliphatic carbocycles. The van der Waals surface area contributed by atoms with Crippen LogP contribution in [0.2, 0.25) is 0 Å². The van der Waals surface area contributed by atoms with E-state index in [0.29, 0.717) is 0 Å². The van der Waals surface area contributed by atoms with E-state index in [9.17, 15) is 0 Å². The van der Waals surface area contributed by atoms with Gasteiger partial charge >= 0.3 is 0 Å². The van der Waals surface area contributed by atoms with E-state index in [1.165, 1.54) is 43.6 Å². The Morgan fingerprint density at radius 2 is 1.72 bits per heavy atom. The molecular formula is C16H24N2. The number of hydrogen-bond acceptors (Lipinski definition) is 2. The van der Waals surface area contributed by atoms with E-state index in [2.05, 4.69) is 60.3 Å². The highest BCUT2D eigenvalue weighted by Gasteiger charge is 2.07. The number of nitrogens with zero attached hydrogens (tertiary/aromatic N) is 2. The smallest absolute Gasteiger partial charge is 0.0361 e. The van der Waals surface area contributed by atoms with Crippen molar-refractivity contribution in [3.05, 3.63) is 35.9 Å². The monoisotopic (exact) mass is 244 g/mol. The number of piperidine rings is 1. The summed E-state index contributed by atoms with van der Waals surface area (Å²) in [6.45, 7) is 3.63. The standard InChI is InChI=1S/C16H24N2/c1-17(2)16-10-8-15(9-11-16)7-6-14-18-12-4-3-5-13-18/h6-11H,3-5,12-14H2,1-2H3. The molecule has 0 saturated carbocycles. The van der Waals surface area contributed by atoms with Crippen molar-refractivity contribution in [3.8, 4) is 0 Å². The average molecular weight is 244 g/mol. The molecule has 0 aromatic heterocycles. The van der Waals surface area contributed by atoms with Gasteiger partial charge in [0.25, 0.3) is 0 Å². The zero-order chi connectivity index (χ0) is 12.8. The van der Waals surface area contributed by atoms with Gasteiger partial charge in [-0.1, -0.05) is 30.7 Å². The quantitative estimate of drug-likeness (QED) is 0.802. The van der Waals surface area contributed by atoms with Crippen LogP contribution in [0.5, 0.6) is 0 Å². The van der Waals surface area contributed by atoms with E-state index < -0.39 is 0 Å². The molecule has 1 saturated heterocycles. The summed E-state index contributed by atoms with van der Waals surface area (Å²) >= 11 is 0. The molecular weight excluding hydrogens is 220 g/mol. The van der Waals surface area contributed by atoms with Crippen LogP contribution in [-0.2, 0) is 0 Å². The fraction of sp³-hybridized carbons (Fsp3) is 0.500. The second-order valence-corrected chi connectivity index (χ2v) is 5.25. The summed E-state index contributed by atoms with van der Waals surface area (Å²) in [4.78, 5) is 4.66. The predicted octanol–water partition coefficient (Wildman–Crippen LogP) is 3.25. The first kappa shape index (κ1) is 13.2. The molecule has 0 N–H and O–H groups in total. The van der Waals surface area contributed by atoms with Gasteiger partial charge in [0.2, 0.25) is 0 Å². The summed E-state index contributed by atoms with van der Waals surface area (Å²) in [6.07, 6.45) is 8.66. The maximum absolute atomic E-state index is 2.54. The van der Waals surface area contributed by atoms with Crippen molar-refractivity contribution in [2.45, 2.75) is 19.3 Å². The van der Waals surface area contributed by atoms with Crippen LogP contribution >= 0.6 is 0 Å². The molecule has 1 aromatic carbocycles. The maximum Gasteiger partial charge on any atom is 0.0361 e. The topological polar surface area (TPSA) is 6.48 Å². The average Bonchev–Trinajstić information content (AvgIpc) is 2.40. The zero-order valence-electron chi connectivity index (χ0n) is 11.6. The lowest BCUT2D eigenvalue weighted by atomic mass is 10.1.